The van der Waals surface area contributed by atoms with Gasteiger partial charge in [0.05, 0.1) is 43.3 Å². The van der Waals surface area contributed by atoms with Crippen LogP contribution in [-0.4, -0.2) is 41.7 Å². The highest BCUT2D eigenvalue weighted by atomic mass is 19.1. The molecule has 0 amide bonds. The molecule has 0 saturated heterocycles. The molecule has 1 aliphatic rings. The van der Waals surface area contributed by atoms with E-state index < -0.39 is 0 Å². The van der Waals surface area contributed by atoms with Gasteiger partial charge < -0.3 is 14.2 Å². The molecule has 2 aromatic heterocycles. The number of carbonyl (C=O) groups is 1. The summed E-state index contributed by atoms with van der Waals surface area (Å²) in [6, 6.07) is 11.9. The SMILES string of the molecule is COCc1nn2cc3c(nc2c1-c1ccc(F)cc1)CC(c1ccc(OC)c(OC)c1)CC3=O. The fourth-order valence-corrected chi connectivity index (χ4v) is 4.57. The van der Waals surface area contributed by atoms with Gasteiger partial charge >= 0.3 is 0 Å². The normalized spacial score (nSPS) is 15.4. The summed E-state index contributed by atoms with van der Waals surface area (Å²) in [6.45, 7) is 0.267. The second kappa shape index (κ2) is 8.87. The zero-order valence-electron chi connectivity index (χ0n) is 19.2. The van der Waals surface area contributed by atoms with E-state index in [0.29, 0.717) is 41.2 Å². The average molecular weight is 461 g/mol. The molecule has 5 rings (SSSR count). The number of hydrogen-bond acceptors (Lipinski definition) is 6. The van der Waals surface area contributed by atoms with Crippen molar-refractivity contribution in [3.63, 3.8) is 0 Å². The Morgan fingerprint density at radius 2 is 1.79 bits per heavy atom. The fraction of sp³-hybridized carbons (Fsp3) is 0.269. The minimum absolute atomic E-state index is 0.0163. The smallest absolute Gasteiger partial charge is 0.166 e. The number of hydrogen-bond donors (Lipinski definition) is 0. The molecule has 34 heavy (non-hydrogen) atoms. The van der Waals surface area contributed by atoms with Gasteiger partial charge in [0, 0.05) is 19.7 Å². The molecule has 0 spiro atoms. The number of benzene rings is 2. The molecule has 0 bridgehead atoms. The number of Topliss-reactive ketones (excluding diaryl/α,β-unsaturated/α-hetero) is 1. The number of fused-ring (bicyclic) bond motifs is 2. The van der Waals surface area contributed by atoms with Gasteiger partial charge in [0.1, 0.15) is 5.82 Å². The summed E-state index contributed by atoms with van der Waals surface area (Å²) < 4.78 is 31.3. The summed E-state index contributed by atoms with van der Waals surface area (Å²) in [6.07, 6.45) is 2.71. The van der Waals surface area contributed by atoms with Gasteiger partial charge in [-0.3, -0.25) is 4.79 Å². The lowest BCUT2D eigenvalue weighted by Gasteiger charge is -2.24. The zero-order chi connectivity index (χ0) is 23.8. The van der Waals surface area contributed by atoms with Crippen LogP contribution in [0.2, 0.25) is 0 Å². The Morgan fingerprint density at radius 1 is 1.03 bits per heavy atom. The maximum absolute atomic E-state index is 13.5. The third kappa shape index (κ3) is 3.80. The summed E-state index contributed by atoms with van der Waals surface area (Å²) in [5.74, 6) is 0.929. The number of carbonyl (C=O) groups excluding carboxylic acids is 1. The third-order valence-electron chi connectivity index (χ3n) is 6.23. The molecule has 4 aromatic rings. The van der Waals surface area contributed by atoms with E-state index in [9.17, 15) is 9.18 Å². The van der Waals surface area contributed by atoms with Crippen LogP contribution < -0.4 is 9.47 Å². The molecule has 1 aliphatic carbocycles. The van der Waals surface area contributed by atoms with E-state index in [-0.39, 0.29) is 24.1 Å². The maximum atomic E-state index is 13.5. The number of methoxy groups -OCH3 is 3. The monoisotopic (exact) mass is 461 g/mol. The first-order valence-electron chi connectivity index (χ1n) is 10.9. The first-order valence-corrected chi connectivity index (χ1v) is 10.9. The summed E-state index contributed by atoms with van der Waals surface area (Å²) in [5, 5.41) is 4.62. The van der Waals surface area contributed by atoms with Crippen LogP contribution in [0.15, 0.2) is 48.7 Å². The maximum Gasteiger partial charge on any atom is 0.166 e. The van der Waals surface area contributed by atoms with Crippen LogP contribution in [0.25, 0.3) is 16.8 Å². The number of nitrogens with zero attached hydrogens (tertiary/aromatic N) is 3. The van der Waals surface area contributed by atoms with E-state index >= 15 is 0 Å². The van der Waals surface area contributed by atoms with Gasteiger partial charge in [0.2, 0.25) is 0 Å². The molecule has 7 nitrogen and oxygen atoms in total. The third-order valence-corrected chi connectivity index (χ3v) is 6.23. The van der Waals surface area contributed by atoms with Crippen molar-refractivity contribution in [2.45, 2.75) is 25.4 Å². The van der Waals surface area contributed by atoms with Crippen molar-refractivity contribution in [1.82, 2.24) is 14.6 Å². The predicted octanol–water partition coefficient (Wildman–Crippen LogP) is 4.61. The number of ether oxygens (including phenoxy) is 3. The van der Waals surface area contributed by atoms with E-state index in [0.717, 1.165) is 22.4 Å². The summed E-state index contributed by atoms with van der Waals surface area (Å²) in [7, 11) is 4.78. The molecule has 0 fully saturated rings. The van der Waals surface area contributed by atoms with Crippen molar-refractivity contribution in [2.24, 2.45) is 0 Å². The largest absolute Gasteiger partial charge is 0.493 e. The number of halogens is 1. The predicted molar refractivity (Wildman–Crippen MR) is 124 cm³/mol. The van der Waals surface area contributed by atoms with Crippen molar-refractivity contribution in [1.29, 1.82) is 0 Å². The lowest BCUT2D eigenvalue weighted by Crippen LogP contribution is -2.21. The van der Waals surface area contributed by atoms with Crippen molar-refractivity contribution in [2.75, 3.05) is 21.3 Å². The second-order valence-corrected chi connectivity index (χ2v) is 8.27. The van der Waals surface area contributed by atoms with Crippen LogP contribution in [0.4, 0.5) is 4.39 Å². The molecule has 8 heteroatoms. The molecule has 1 unspecified atom stereocenters. The second-order valence-electron chi connectivity index (χ2n) is 8.27. The summed E-state index contributed by atoms with van der Waals surface area (Å²) in [4.78, 5) is 18.0. The van der Waals surface area contributed by atoms with E-state index in [1.54, 1.807) is 44.2 Å². The van der Waals surface area contributed by atoms with Crippen molar-refractivity contribution >= 4 is 11.4 Å². The Kier molecular flexibility index (Phi) is 5.75. The minimum Gasteiger partial charge on any atom is -0.493 e. The number of aromatic nitrogens is 3. The zero-order valence-corrected chi connectivity index (χ0v) is 19.2. The van der Waals surface area contributed by atoms with Crippen LogP contribution in [0.1, 0.15) is 39.6 Å². The highest BCUT2D eigenvalue weighted by Crippen LogP contribution is 2.37. The fourth-order valence-electron chi connectivity index (χ4n) is 4.57. The van der Waals surface area contributed by atoms with Crippen molar-refractivity contribution in [3.05, 3.63) is 77.0 Å². The molecule has 2 heterocycles. The molecule has 0 aliphatic heterocycles. The van der Waals surface area contributed by atoms with Crippen molar-refractivity contribution < 1.29 is 23.4 Å². The lowest BCUT2D eigenvalue weighted by molar-refractivity contribution is 0.0962. The van der Waals surface area contributed by atoms with E-state index in [4.69, 9.17) is 19.2 Å². The Labute approximate surface area is 196 Å². The van der Waals surface area contributed by atoms with Crippen LogP contribution in [0.3, 0.4) is 0 Å². The van der Waals surface area contributed by atoms with Crippen LogP contribution in [0.5, 0.6) is 11.5 Å². The van der Waals surface area contributed by atoms with Crippen LogP contribution in [-0.2, 0) is 17.8 Å². The highest BCUT2D eigenvalue weighted by molar-refractivity contribution is 5.99. The topological polar surface area (TPSA) is 75.0 Å². The van der Waals surface area contributed by atoms with E-state index in [2.05, 4.69) is 5.10 Å². The van der Waals surface area contributed by atoms with Gasteiger partial charge in [-0.15, -0.1) is 0 Å². The Balaban J connectivity index is 1.60. The van der Waals surface area contributed by atoms with E-state index in [1.165, 1.54) is 12.1 Å². The van der Waals surface area contributed by atoms with Crippen molar-refractivity contribution in [3.8, 4) is 22.6 Å². The first kappa shape index (κ1) is 22.0. The molecular formula is C26H24FN3O4. The first-order chi connectivity index (χ1) is 16.5. The van der Waals surface area contributed by atoms with Crippen LogP contribution >= 0.6 is 0 Å². The Bertz CT molecular complexity index is 1380. The van der Waals surface area contributed by atoms with Gasteiger partial charge in [-0.1, -0.05) is 18.2 Å². The van der Waals surface area contributed by atoms with Gasteiger partial charge in [-0.25, -0.2) is 13.9 Å². The van der Waals surface area contributed by atoms with Gasteiger partial charge in [-0.05, 0) is 47.7 Å². The standard InChI is InChI=1S/C26H24FN3O4/c1-32-14-21-25(15-4-7-18(27)8-5-15)26-28-20-10-17(11-22(31)19(20)13-30(26)29-21)16-6-9-23(33-2)24(12-16)34-3/h4-9,12-13,17H,10-11,14H2,1-3H3. The molecule has 2 aromatic carbocycles. The molecule has 174 valence electrons. The van der Waals surface area contributed by atoms with Gasteiger partial charge in [-0.2, -0.15) is 5.10 Å². The summed E-state index contributed by atoms with van der Waals surface area (Å²) in [5.41, 5.74) is 5.12. The quantitative estimate of drug-likeness (QED) is 0.417. The molecule has 0 radical (unpaired) electrons. The van der Waals surface area contributed by atoms with Gasteiger partial charge in [0.15, 0.2) is 22.9 Å². The molecule has 0 N–H and O–H groups in total. The van der Waals surface area contributed by atoms with E-state index in [1.807, 2.05) is 18.2 Å². The minimum atomic E-state index is -0.317. The summed E-state index contributed by atoms with van der Waals surface area (Å²) >= 11 is 0. The number of rotatable bonds is 6. The molecule has 0 saturated carbocycles. The van der Waals surface area contributed by atoms with Crippen LogP contribution in [0, 0.1) is 5.82 Å². The molecule has 1 atom stereocenters. The van der Waals surface area contributed by atoms with Gasteiger partial charge in [0.25, 0.3) is 0 Å². The Hall–Kier alpha value is -3.78. The number of ketones is 1. The highest BCUT2D eigenvalue weighted by Gasteiger charge is 2.30. The Morgan fingerprint density at radius 3 is 2.50 bits per heavy atom. The molecular weight excluding hydrogens is 437 g/mol. The average Bonchev–Trinajstić information content (AvgIpc) is 3.20. The lowest BCUT2D eigenvalue weighted by atomic mass is 9.82.